The zero-order valence-corrected chi connectivity index (χ0v) is 15.6. The predicted octanol–water partition coefficient (Wildman–Crippen LogP) is 3.27. The maximum atomic E-state index is 12.5. The van der Waals surface area contributed by atoms with Crippen LogP contribution in [0.25, 0.3) is 0 Å². The first-order chi connectivity index (χ1) is 9.32. The first-order valence-electron chi connectivity index (χ1n) is 6.53. The summed E-state index contributed by atoms with van der Waals surface area (Å²) in [6.07, 6.45) is 1.61. The Morgan fingerprint density at radius 3 is 2.43 bits per heavy atom. The monoisotopic (exact) mass is 416 g/mol. The van der Waals surface area contributed by atoms with Gasteiger partial charge in [-0.05, 0) is 59.8 Å². The fraction of sp³-hybridized carbons (Fsp3) is 0.538. The lowest BCUT2D eigenvalue weighted by molar-refractivity contribution is 0.250. The highest BCUT2D eigenvalue weighted by atomic mass is 79.9. The minimum Gasteiger partial charge on any atom is -0.328 e. The van der Waals surface area contributed by atoms with Gasteiger partial charge in [0.2, 0.25) is 10.0 Å². The highest BCUT2D eigenvalue weighted by molar-refractivity contribution is 9.10. The summed E-state index contributed by atoms with van der Waals surface area (Å²) in [7, 11) is -3.46. The van der Waals surface area contributed by atoms with Crippen LogP contribution in [0.3, 0.4) is 0 Å². The van der Waals surface area contributed by atoms with Crippen LogP contribution in [0.5, 0.6) is 0 Å². The predicted molar refractivity (Wildman–Crippen MR) is 91.5 cm³/mol. The Bertz CT molecular complexity index is 588. The second kappa shape index (κ2) is 7.62. The van der Waals surface area contributed by atoms with Crippen LogP contribution in [0.2, 0.25) is 5.02 Å². The van der Waals surface area contributed by atoms with Gasteiger partial charge in [0.25, 0.3) is 0 Å². The highest BCUT2D eigenvalue weighted by Crippen LogP contribution is 2.29. The van der Waals surface area contributed by atoms with Crippen LogP contribution in [0.1, 0.15) is 19.8 Å². The molecule has 0 aromatic heterocycles. The molecule has 0 bridgehead atoms. The van der Waals surface area contributed by atoms with Gasteiger partial charge in [0, 0.05) is 23.6 Å². The standard InChI is InChI=1S/C13H18BrClN2O2S.ClH/c1-9(16)10-4-6-17(7-5-10)20(18,19)11-2-3-12(14)13(15)8-11;/h2-3,8-10H,4-7,16H2,1H3;1H. The van der Waals surface area contributed by atoms with E-state index in [2.05, 4.69) is 15.9 Å². The van der Waals surface area contributed by atoms with Crippen molar-refractivity contribution < 1.29 is 8.42 Å². The number of piperidine rings is 1. The summed E-state index contributed by atoms with van der Waals surface area (Å²) < 4.78 is 27.3. The van der Waals surface area contributed by atoms with Crippen molar-refractivity contribution >= 4 is 50.0 Å². The zero-order valence-electron chi connectivity index (χ0n) is 11.6. The third-order valence-electron chi connectivity index (χ3n) is 3.77. The third kappa shape index (κ3) is 4.33. The summed E-state index contributed by atoms with van der Waals surface area (Å²) >= 11 is 9.24. The molecule has 1 saturated heterocycles. The summed E-state index contributed by atoms with van der Waals surface area (Å²) in [6, 6.07) is 4.83. The summed E-state index contributed by atoms with van der Waals surface area (Å²) in [4.78, 5) is 0.241. The van der Waals surface area contributed by atoms with E-state index in [1.165, 1.54) is 10.4 Å². The molecule has 1 fully saturated rings. The molecular formula is C13H19BrCl2N2O2S. The Kier molecular flexibility index (Phi) is 6.96. The van der Waals surface area contributed by atoms with Crippen molar-refractivity contribution in [2.24, 2.45) is 11.7 Å². The van der Waals surface area contributed by atoms with Crippen molar-refractivity contribution in [3.05, 3.63) is 27.7 Å². The summed E-state index contributed by atoms with van der Waals surface area (Å²) in [5, 5.41) is 0.400. The quantitative estimate of drug-likeness (QED) is 0.820. The number of nitrogens with two attached hydrogens (primary N) is 1. The van der Waals surface area contributed by atoms with Gasteiger partial charge in [-0.3, -0.25) is 0 Å². The molecule has 1 atom stereocenters. The molecule has 4 nitrogen and oxygen atoms in total. The topological polar surface area (TPSA) is 63.4 Å². The van der Waals surface area contributed by atoms with E-state index in [-0.39, 0.29) is 23.3 Å². The van der Waals surface area contributed by atoms with Gasteiger partial charge in [-0.2, -0.15) is 4.31 Å². The molecule has 120 valence electrons. The van der Waals surface area contributed by atoms with Gasteiger partial charge in [0.05, 0.1) is 9.92 Å². The van der Waals surface area contributed by atoms with E-state index >= 15 is 0 Å². The molecule has 0 amide bonds. The van der Waals surface area contributed by atoms with Crippen molar-refractivity contribution in [3.8, 4) is 0 Å². The van der Waals surface area contributed by atoms with E-state index in [0.29, 0.717) is 28.5 Å². The first kappa shape index (κ1) is 19.2. The second-order valence-electron chi connectivity index (χ2n) is 5.18. The molecular weight excluding hydrogens is 399 g/mol. The Hall–Kier alpha value is 0.150. The number of nitrogens with zero attached hydrogens (tertiary/aromatic N) is 1. The Morgan fingerprint density at radius 2 is 1.95 bits per heavy atom. The molecule has 0 spiro atoms. The summed E-state index contributed by atoms with van der Waals surface area (Å²) in [6.45, 7) is 3.01. The largest absolute Gasteiger partial charge is 0.328 e. The molecule has 1 heterocycles. The van der Waals surface area contributed by atoms with Gasteiger partial charge in [-0.25, -0.2) is 8.42 Å². The highest BCUT2D eigenvalue weighted by Gasteiger charge is 2.30. The average Bonchev–Trinajstić information content (AvgIpc) is 2.41. The molecule has 21 heavy (non-hydrogen) atoms. The Labute approximate surface area is 145 Å². The van der Waals surface area contributed by atoms with E-state index in [4.69, 9.17) is 17.3 Å². The SMILES string of the molecule is CC(N)C1CCN(S(=O)(=O)c2ccc(Br)c(Cl)c2)CC1.Cl. The molecule has 1 aliphatic heterocycles. The van der Waals surface area contributed by atoms with Crippen LogP contribution >= 0.6 is 39.9 Å². The van der Waals surface area contributed by atoms with Crippen LogP contribution < -0.4 is 5.73 Å². The van der Waals surface area contributed by atoms with E-state index < -0.39 is 10.0 Å². The normalized spacial score (nSPS) is 19.0. The van der Waals surface area contributed by atoms with Crippen LogP contribution in [-0.4, -0.2) is 31.9 Å². The maximum absolute atomic E-state index is 12.5. The molecule has 0 aliphatic carbocycles. The minimum absolute atomic E-state index is 0. The minimum atomic E-state index is -3.46. The molecule has 1 aromatic carbocycles. The molecule has 1 aliphatic rings. The van der Waals surface area contributed by atoms with E-state index in [1.54, 1.807) is 12.1 Å². The fourth-order valence-electron chi connectivity index (χ4n) is 2.43. The first-order valence-corrected chi connectivity index (χ1v) is 9.14. The van der Waals surface area contributed by atoms with Gasteiger partial charge >= 0.3 is 0 Å². The average molecular weight is 418 g/mol. The van der Waals surface area contributed by atoms with E-state index in [9.17, 15) is 8.42 Å². The Morgan fingerprint density at radius 1 is 1.38 bits per heavy atom. The lowest BCUT2D eigenvalue weighted by Crippen LogP contribution is -2.42. The second-order valence-corrected chi connectivity index (χ2v) is 8.38. The lowest BCUT2D eigenvalue weighted by Gasteiger charge is -2.32. The van der Waals surface area contributed by atoms with Crippen LogP contribution in [0.15, 0.2) is 27.6 Å². The number of benzene rings is 1. The third-order valence-corrected chi connectivity index (χ3v) is 6.90. The van der Waals surface area contributed by atoms with Crippen LogP contribution in [-0.2, 0) is 10.0 Å². The molecule has 0 radical (unpaired) electrons. The molecule has 0 saturated carbocycles. The fourth-order valence-corrected chi connectivity index (χ4v) is 4.42. The number of halogens is 3. The van der Waals surface area contributed by atoms with Gasteiger partial charge in [0.15, 0.2) is 0 Å². The Balaban J connectivity index is 0.00000220. The van der Waals surface area contributed by atoms with Gasteiger partial charge in [0.1, 0.15) is 0 Å². The van der Waals surface area contributed by atoms with Crippen molar-refractivity contribution in [2.75, 3.05) is 13.1 Å². The van der Waals surface area contributed by atoms with Gasteiger partial charge < -0.3 is 5.73 Å². The lowest BCUT2D eigenvalue weighted by atomic mass is 9.92. The van der Waals surface area contributed by atoms with Crippen molar-refractivity contribution in [1.82, 2.24) is 4.31 Å². The molecule has 2 rings (SSSR count). The summed E-state index contributed by atoms with van der Waals surface area (Å²) in [5.41, 5.74) is 5.88. The number of hydrogen-bond acceptors (Lipinski definition) is 3. The van der Waals surface area contributed by atoms with E-state index in [1.807, 2.05) is 6.92 Å². The van der Waals surface area contributed by atoms with Crippen molar-refractivity contribution in [1.29, 1.82) is 0 Å². The number of sulfonamides is 1. The van der Waals surface area contributed by atoms with Crippen LogP contribution in [0.4, 0.5) is 0 Å². The summed E-state index contributed by atoms with van der Waals surface area (Å²) in [5.74, 6) is 0.398. The van der Waals surface area contributed by atoms with Gasteiger partial charge in [-0.1, -0.05) is 11.6 Å². The maximum Gasteiger partial charge on any atom is 0.243 e. The smallest absolute Gasteiger partial charge is 0.243 e. The van der Waals surface area contributed by atoms with Crippen LogP contribution in [0, 0.1) is 5.92 Å². The number of hydrogen-bond donors (Lipinski definition) is 1. The number of rotatable bonds is 3. The van der Waals surface area contributed by atoms with E-state index in [0.717, 1.165) is 12.8 Å². The van der Waals surface area contributed by atoms with Gasteiger partial charge in [-0.15, -0.1) is 12.4 Å². The zero-order chi connectivity index (χ0) is 14.9. The molecule has 1 unspecified atom stereocenters. The van der Waals surface area contributed by atoms with Crippen molar-refractivity contribution in [3.63, 3.8) is 0 Å². The molecule has 2 N–H and O–H groups in total. The molecule has 1 aromatic rings. The van der Waals surface area contributed by atoms with Crippen molar-refractivity contribution in [2.45, 2.75) is 30.7 Å². The molecule has 8 heteroatoms.